The van der Waals surface area contributed by atoms with Crippen LogP contribution in [0.3, 0.4) is 0 Å². The minimum Gasteiger partial charge on any atom is -0.379 e. The summed E-state index contributed by atoms with van der Waals surface area (Å²) >= 11 is 0. The summed E-state index contributed by atoms with van der Waals surface area (Å²) in [5.74, 6) is 3.76. The molecule has 1 fully saturated rings. The first-order chi connectivity index (χ1) is 25.1. The zero-order chi connectivity index (χ0) is 39.8. The highest BCUT2D eigenvalue weighted by Crippen LogP contribution is 2.29. The number of likely N-dealkylation sites (tertiary alicyclic amines) is 1. The minimum atomic E-state index is -0.796. The van der Waals surface area contributed by atoms with Crippen molar-refractivity contribution in [1.82, 2.24) is 30.3 Å². The number of nitrogens with two attached hydrogens (primary N) is 1. The number of ether oxygens (including phenoxy) is 2. The first kappa shape index (κ1) is 46.0. The predicted molar refractivity (Wildman–Crippen MR) is 205 cm³/mol. The summed E-state index contributed by atoms with van der Waals surface area (Å²) < 4.78 is 11.9. The second-order valence-electron chi connectivity index (χ2n) is 15.3. The van der Waals surface area contributed by atoms with Crippen molar-refractivity contribution < 1.29 is 33.5 Å². The average molecular weight is 748 g/mol. The number of likely N-dealkylation sites (N-methyl/N-ethyl adjacent to an activating group) is 2. The van der Waals surface area contributed by atoms with E-state index in [2.05, 4.69) is 15.6 Å². The maximum atomic E-state index is 14.3. The predicted octanol–water partition coefficient (Wildman–Crippen LogP) is 2.65. The maximum Gasteiger partial charge on any atom is 0.245 e. The third-order valence-corrected chi connectivity index (χ3v) is 10.9. The summed E-state index contributed by atoms with van der Waals surface area (Å²) in [5, 5.41) is 6.07. The number of hydrogen-bond acceptors (Lipinski definition) is 10. The first-order valence-electron chi connectivity index (χ1n) is 19.2. The quantitative estimate of drug-likeness (QED) is 0.142. The summed E-state index contributed by atoms with van der Waals surface area (Å²) in [5.41, 5.74) is 1.08. The van der Waals surface area contributed by atoms with Crippen molar-refractivity contribution in [2.45, 2.75) is 117 Å². The standard InChI is InChI=1S/C39H69N7O7/c1-12-27(6)35(45(9)39(50)33(25(2)3)43-38(49)34(26(4)5)44(8)22-23-53-40)31(51-10)24-32(47)46-21-13-14-30(46)36(52-11)28(7)37(48)42-20-17-29-15-18-41-19-16-29/h15-16,18-19,25-28,30-31,33-36H,12-14,17,20-24,40H2,1-11H3,(H,42,48)(H,43,49)/t27-,28+,30-,31+,33-,34-,35-,36+/m0/s1. The van der Waals surface area contributed by atoms with Crippen LogP contribution in [0.5, 0.6) is 0 Å². The number of rotatable bonds is 23. The Labute approximate surface area is 318 Å². The lowest BCUT2D eigenvalue weighted by Crippen LogP contribution is -2.60. The molecule has 1 aliphatic rings. The molecule has 8 atom stereocenters. The molecule has 53 heavy (non-hydrogen) atoms. The topological polar surface area (TPSA) is 169 Å². The molecule has 0 bridgehead atoms. The number of hydrogen-bond donors (Lipinski definition) is 3. The van der Waals surface area contributed by atoms with E-state index in [4.69, 9.17) is 20.2 Å². The number of carbonyl (C=O) groups excluding carboxylic acids is 4. The van der Waals surface area contributed by atoms with Crippen LogP contribution in [-0.2, 0) is 39.9 Å². The van der Waals surface area contributed by atoms with Crippen LogP contribution in [0.1, 0.15) is 79.7 Å². The minimum absolute atomic E-state index is 0.0204. The number of pyridine rings is 1. The normalized spacial score (nSPS) is 18.7. The molecule has 0 aromatic carbocycles. The number of nitrogens with zero attached hydrogens (tertiary/aromatic N) is 4. The lowest BCUT2D eigenvalue weighted by Gasteiger charge is -2.41. The molecule has 2 rings (SSSR count). The molecular weight excluding hydrogens is 678 g/mol. The monoisotopic (exact) mass is 748 g/mol. The number of amides is 4. The SMILES string of the molecule is CC[C@H](C)[C@@H]([C@@H](CC(=O)N1CCC[C@H]1[C@H](OC)[C@@H](C)C(=O)NCCc1ccncc1)OC)N(C)C(=O)[C@@H](NC(=O)[C@H](C(C)C)N(C)CCON)C(C)C. The molecule has 4 N–H and O–H groups in total. The van der Waals surface area contributed by atoms with Crippen molar-refractivity contribution in [1.29, 1.82) is 0 Å². The Morgan fingerprint density at radius 1 is 1.00 bits per heavy atom. The van der Waals surface area contributed by atoms with Gasteiger partial charge in [-0.3, -0.25) is 29.1 Å². The molecule has 1 saturated heterocycles. The number of carbonyl (C=O) groups is 4. The van der Waals surface area contributed by atoms with Gasteiger partial charge in [-0.25, -0.2) is 5.90 Å². The van der Waals surface area contributed by atoms with E-state index in [9.17, 15) is 19.2 Å². The molecule has 0 spiro atoms. The van der Waals surface area contributed by atoms with Crippen molar-refractivity contribution in [2.24, 2.45) is 29.6 Å². The molecule has 1 aromatic rings. The van der Waals surface area contributed by atoms with Crippen molar-refractivity contribution in [3.63, 3.8) is 0 Å². The van der Waals surface area contributed by atoms with Gasteiger partial charge >= 0.3 is 0 Å². The van der Waals surface area contributed by atoms with E-state index in [1.807, 2.05) is 77.4 Å². The van der Waals surface area contributed by atoms with Gasteiger partial charge in [0.05, 0.1) is 49.3 Å². The van der Waals surface area contributed by atoms with Crippen LogP contribution in [0.2, 0.25) is 0 Å². The molecule has 2 heterocycles. The molecule has 0 unspecified atom stereocenters. The van der Waals surface area contributed by atoms with Crippen molar-refractivity contribution in [3.8, 4) is 0 Å². The summed E-state index contributed by atoms with van der Waals surface area (Å²) in [7, 11) is 6.72. The lowest BCUT2D eigenvalue weighted by atomic mass is 9.89. The Hall–Kier alpha value is -3.17. The van der Waals surface area contributed by atoms with Gasteiger partial charge in [-0.2, -0.15) is 0 Å². The van der Waals surface area contributed by atoms with Gasteiger partial charge in [0, 0.05) is 53.3 Å². The van der Waals surface area contributed by atoms with Crippen LogP contribution in [0.25, 0.3) is 0 Å². The van der Waals surface area contributed by atoms with E-state index in [1.165, 1.54) is 0 Å². The van der Waals surface area contributed by atoms with Crippen molar-refractivity contribution in [3.05, 3.63) is 30.1 Å². The number of nitrogens with one attached hydrogen (secondary N) is 2. The molecule has 14 nitrogen and oxygen atoms in total. The van der Waals surface area contributed by atoms with Gasteiger partial charge in [-0.1, -0.05) is 54.9 Å². The summed E-state index contributed by atoms with van der Waals surface area (Å²) in [4.78, 5) is 69.5. The Balaban J connectivity index is 2.22. The van der Waals surface area contributed by atoms with E-state index in [0.29, 0.717) is 32.5 Å². The second kappa shape index (κ2) is 22.9. The van der Waals surface area contributed by atoms with E-state index < -0.39 is 36.3 Å². The van der Waals surface area contributed by atoms with Crippen LogP contribution in [0.4, 0.5) is 0 Å². The summed E-state index contributed by atoms with van der Waals surface area (Å²) in [6.07, 6.45) is 5.33. The molecular formula is C39H69N7O7. The molecule has 4 amide bonds. The van der Waals surface area contributed by atoms with E-state index in [-0.39, 0.29) is 60.5 Å². The molecule has 0 aliphatic carbocycles. The highest BCUT2D eigenvalue weighted by atomic mass is 16.6. The van der Waals surface area contributed by atoms with E-state index in [0.717, 1.165) is 18.4 Å². The molecule has 1 aliphatic heterocycles. The maximum absolute atomic E-state index is 14.3. The van der Waals surface area contributed by atoms with Crippen LogP contribution in [-0.4, -0.2) is 134 Å². The van der Waals surface area contributed by atoms with Crippen LogP contribution < -0.4 is 16.5 Å². The molecule has 0 radical (unpaired) electrons. The van der Waals surface area contributed by atoms with Crippen LogP contribution >= 0.6 is 0 Å². The third kappa shape index (κ3) is 13.0. The van der Waals surface area contributed by atoms with Crippen LogP contribution in [0, 0.1) is 23.7 Å². The van der Waals surface area contributed by atoms with Crippen LogP contribution in [0.15, 0.2) is 24.5 Å². The van der Waals surface area contributed by atoms with Gasteiger partial charge in [-0.05, 0) is 61.8 Å². The van der Waals surface area contributed by atoms with Gasteiger partial charge in [0.1, 0.15) is 6.04 Å². The highest BCUT2D eigenvalue weighted by Gasteiger charge is 2.43. The molecule has 14 heteroatoms. The van der Waals surface area contributed by atoms with Gasteiger partial charge in [0.2, 0.25) is 23.6 Å². The van der Waals surface area contributed by atoms with Crippen molar-refractivity contribution in [2.75, 3.05) is 54.6 Å². The Morgan fingerprint density at radius 2 is 1.66 bits per heavy atom. The fourth-order valence-electron chi connectivity index (χ4n) is 7.67. The molecule has 0 saturated carbocycles. The lowest BCUT2D eigenvalue weighted by molar-refractivity contribution is -0.148. The van der Waals surface area contributed by atoms with Gasteiger partial charge < -0.3 is 34.7 Å². The third-order valence-electron chi connectivity index (χ3n) is 10.9. The fourth-order valence-corrected chi connectivity index (χ4v) is 7.67. The highest BCUT2D eigenvalue weighted by molar-refractivity contribution is 5.90. The van der Waals surface area contributed by atoms with Crippen molar-refractivity contribution >= 4 is 23.6 Å². The second-order valence-corrected chi connectivity index (χ2v) is 15.3. The summed E-state index contributed by atoms with van der Waals surface area (Å²) in [6.45, 7) is 15.4. The smallest absolute Gasteiger partial charge is 0.245 e. The Morgan fingerprint density at radius 3 is 2.21 bits per heavy atom. The Kier molecular flexibility index (Phi) is 19.9. The number of aromatic nitrogens is 1. The van der Waals surface area contributed by atoms with Gasteiger partial charge in [0.25, 0.3) is 0 Å². The first-order valence-corrected chi connectivity index (χ1v) is 19.2. The largest absolute Gasteiger partial charge is 0.379 e. The summed E-state index contributed by atoms with van der Waals surface area (Å²) in [6, 6.07) is 1.83. The zero-order valence-electron chi connectivity index (χ0n) is 34.2. The Bertz CT molecular complexity index is 1270. The van der Waals surface area contributed by atoms with Gasteiger partial charge in [0.15, 0.2) is 0 Å². The van der Waals surface area contributed by atoms with Gasteiger partial charge in [-0.15, -0.1) is 0 Å². The fraction of sp³-hybridized carbons (Fsp3) is 0.769. The zero-order valence-corrected chi connectivity index (χ0v) is 34.2. The molecule has 1 aromatic heterocycles. The molecule has 302 valence electrons. The number of methoxy groups -OCH3 is 2. The average Bonchev–Trinajstić information content (AvgIpc) is 3.62. The van der Waals surface area contributed by atoms with E-state index >= 15 is 0 Å². The van der Waals surface area contributed by atoms with E-state index in [1.54, 1.807) is 38.6 Å².